The van der Waals surface area contributed by atoms with E-state index in [0.717, 1.165) is 24.8 Å². The van der Waals surface area contributed by atoms with Crippen molar-refractivity contribution >= 4 is 17.6 Å². The monoisotopic (exact) mass is 278 g/mol. The topological polar surface area (TPSA) is 81.4 Å². The molecular weight excluding hydrogens is 256 g/mol. The van der Waals surface area contributed by atoms with Gasteiger partial charge in [0, 0.05) is 24.2 Å². The molecule has 1 aromatic rings. The van der Waals surface area contributed by atoms with Crippen molar-refractivity contribution in [3.63, 3.8) is 0 Å². The van der Waals surface area contributed by atoms with E-state index in [-0.39, 0.29) is 11.9 Å². The number of benzene rings is 1. The number of aryl methyl sites for hydroxylation is 1. The summed E-state index contributed by atoms with van der Waals surface area (Å²) in [6.07, 6.45) is 2.93. The molecule has 0 fully saturated rings. The molecule has 0 aliphatic carbocycles. The molecule has 0 aliphatic rings. The molecule has 0 saturated carbocycles. The Labute approximate surface area is 119 Å². The first kappa shape index (κ1) is 16.0. The lowest BCUT2D eigenvalue weighted by molar-refractivity contribution is -0.140. The molecule has 1 aromatic carbocycles. The van der Waals surface area contributed by atoms with Crippen molar-refractivity contribution in [1.82, 2.24) is 5.32 Å². The van der Waals surface area contributed by atoms with Crippen molar-refractivity contribution in [1.29, 1.82) is 0 Å². The van der Waals surface area contributed by atoms with E-state index < -0.39 is 0 Å². The third kappa shape index (κ3) is 5.30. The lowest BCUT2D eigenvalue weighted by Crippen LogP contribution is -2.24. The number of carbonyl (C=O) groups is 2. The van der Waals surface area contributed by atoms with Gasteiger partial charge in [-0.05, 0) is 37.5 Å². The number of nitrogens with two attached hydrogens (primary N) is 1. The molecular formula is C15H22N2O3. The van der Waals surface area contributed by atoms with Crippen LogP contribution in [0.25, 0.3) is 0 Å². The number of carbonyl (C=O) groups excluding carboxylic acids is 2. The summed E-state index contributed by atoms with van der Waals surface area (Å²) >= 11 is 0. The van der Waals surface area contributed by atoms with Gasteiger partial charge >= 0.3 is 5.97 Å². The van der Waals surface area contributed by atoms with Crippen molar-refractivity contribution in [2.75, 3.05) is 19.4 Å². The molecule has 0 unspecified atom stereocenters. The summed E-state index contributed by atoms with van der Waals surface area (Å²) < 4.78 is 4.55. The molecule has 110 valence electrons. The molecule has 0 aliphatic heterocycles. The number of hydrogen-bond donors (Lipinski definition) is 2. The summed E-state index contributed by atoms with van der Waals surface area (Å²) in [6, 6.07) is 5.28. The maximum absolute atomic E-state index is 11.9. The van der Waals surface area contributed by atoms with Gasteiger partial charge in [-0.25, -0.2) is 0 Å². The van der Waals surface area contributed by atoms with Crippen molar-refractivity contribution in [2.24, 2.45) is 0 Å². The average Bonchev–Trinajstić information content (AvgIpc) is 2.44. The minimum absolute atomic E-state index is 0.121. The zero-order valence-electron chi connectivity index (χ0n) is 12.1. The zero-order valence-corrected chi connectivity index (χ0v) is 12.1. The van der Waals surface area contributed by atoms with Crippen LogP contribution in [0.4, 0.5) is 5.69 Å². The minimum atomic E-state index is -0.191. The van der Waals surface area contributed by atoms with E-state index in [1.165, 1.54) is 7.11 Å². The second-order valence-corrected chi connectivity index (χ2v) is 4.71. The third-order valence-electron chi connectivity index (χ3n) is 3.11. The summed E-state index contributed by atoms with van der Waals surface area (Å²) in [7, 11) is 1.38. The Hall–Kier alpha value is -2.04. The van der Waals surface area contributed by atoms with Crippen LogP contribution in [0.5, 0.6) is 0 Å². The van der Waals surface area contributed by atoms with Crippen LogP contribution in [0.2, 0.25) is 0 Å². The standard InChI is InChI=1S/C15H22N2O3/c1-11-7-8-12(10-13(11)16)15(19)17-9-5-3-4-6-14(18)20-2/h7-8,10H,3-6,9,16H2,1-2H3,(H,17,19). The smallest absolute Gasteiger partial charge is 0.305 e. The van der Waals surface area contributed by atoms with Gasteiger partial charge < -0.3 is 15.8 Å². The molecule has 0 bridgehead atoms. The highest BCUT2D eigenvalue weighted by Crippen LogP contribution is 2.12. The number of nitrogen functional groups attached to an aromatic ring is 1. The first-order valence-corrected chi connectivity index (χ1v) is 6.75. The highest BCUT2D eigenvalue weighted by molar-refractivity contribution is 5.95. The van der Waals surface area contributed by atoms with Gasteiger partial charge in [-0.15, -0.1) is 0 Å². The molecule has 0 radical (unpaired) electrons. The number of methoxy groups -OCH3 is 1. The highest BCUT2D eigenvalue weighted by Gasteiger charge is 2.06. The molecule has 0 spiro atoms. The maximum Gasteiger partial charge on any atom is 0.305 e. The Morgan fingerprint density at radius 1 is 1.25 bits per heavy atom. The Morgan fingerprint density at radius 3 is 2.65 bits per heavy atom. The number of nitrogens with one attached hydrogen (secondary N) is 1. The predicted molar refractivity (Wildman–Crippen MR) is 78.4 cm³/mol. The maximum atomic E-state index is 11.9. The van der Waals surface area contributed by atoms with E-state index in [1.807, 2.05) is 13.0 Å². The number of anilines is 1. The van der Waals surface area contributed by atoms with Crippen LogP contribution < -0.4 is 11.1 Å². The van der Waals surface area contributed by atoms with E-state index in [9.17, 15) is 9.59 Å². The third-order valence-corrected chi connectivity index (χ3v) is 3.11. The normalized spacial score (nSPS) is 10.1. The van der Waals surface area contributed by atoms with Crippen LogP contribution >= 0.6 is 0 Å². The molecule has 5 heteroatoms. The van der Waals surface area contributed by atoms with Gasteiger partial charge in [-0.3, -0.25) is 9.59 Å². The highest BCUT2D eigenvalue weighted by atomic mass is 16.5. The number of amides is 1. The quantitative estimate of drug-likeness (QED) is 0.454. The van der Waals surface area contributed by atoms with Crippen molar-refractivity contribution in [3.05, 3.63) is 29.3 Å². The van der Waals surface area contributed by atoms with E-state index >= 15 is 0 Å². The fourth-order valence-corrected chi connectivity index (χ4v) is 1.76. The number of rotatable bonds is 7. The first-order chi connectivity index (χ1) is 9.54. The number of hydrogen-bond acceptors (Lipinski definition) is 4. The zero-order chi connectivity index (χ0) is 15.0. The molecule has 1 amide bonds. The van der Waals surface area contributed by atoms with Crippen molar-refractivity contribution < 1.29 is 14.3 Å². The van der Waals surface area contributed by atoms with Gasteiger partial charge in [0.2, 0.25) is 0 Å². The van der Waals surface area contributed by atoms with Gasteiger partial charge in [0.05, 0.1) is 7.11 Å². The Bertz CT molecular complexity index is 472. The summed E-state index contributed by atoms with van der Waals surface area (Å²) in [4.78, 5) is 22.7. The SMILES string of the molecule is COC(=O)CCCCCNC(=O)c1ccc(C)c(N)c1. The lowest BCUT2D eigenvalue weighted by Gasteiger charge is -2.07. The average molecular weight is 278 g/mol. The van der Waals surface area contributed by atoms with Gasteiger partial charge in [-0.2, -0.15) is 0 Å². The molecule has 0 saturated heterocycles. The fourth-order valence-electron chi connectivity index (χ4n) is 1.76. The van der Waals surface area contributed by atoms with E-state index in [1.54, 1.807) is 12.1 Å². The van der Waals surface area contributed by atoms with Gasteiger partial charge in [0.15, 0.2) is 0 Å². The van der Waals surface area contributed by atoms with Crippen molar-refractivity contribution in [2.45, 2.75) is 32.6 Å². The van der Waals surface area contributed by atoms with Gasteiger partial charge in [0.25, 0.3) is 5.91 Å². The number of esters is 1. The largest absolute Gasteiger partial charge is 0.469 e. The summed E-state index contributed by atoms with van der Waals surface area (Å²) in [5.74, 6) is -0.311. The van der Waals surface area contributed by atoms with Gasteiger partial charge in [-0.1, -0.05) is 12.5 Å². The Morgan fingerprint density at radius 2 is 2.00 bits per heavy atom. The van der Waals surface area contributed by atoms with E-state index in [4.69, 9.17) is 5.73 Å². The molecule has 3 N–H and O–H groups in total. The van der Waals surface area contributed by atoms with Gasteiger partial charge in [0.1, 0.15) is 0 Å². The number of ether oxygens (including phenoxy) is 1. The van der Waals surface area contributed by atoms with Crippen LogP contribution in [0.3, 0.4) is 0 Å². The Kier molecular flexibility index (Phi) is 6.56. The fraction of sp³-hybridized carbons (Fsp3) is 0.467. The number of unbranched alkanes of at least 4 members (excludes halogenated alkanes) is 2. The van der Waals surface area contributed by atoms with Crippen LogP contribution in [0.1, 0.15) is 41.6 Å². The summed E-state index contributed by atoms with van der Waals surface area (Å²) in [5.41, 5.74) is 7.93. The van der Waals surface area contributed by atoms with Crippen LogP contribution in [-0.2, 0) is 9.53 Å². The minimum Gasteiger partial charge on any atom is -0.469 e. The van der Waals surface area contributed by atoms with Crippen LogP contribution in [-0.4, -0.2) is 25.5 Å². The molecule has 0 heterocycles. The van der Waals surface area contributed by atoms with Crippen LogP contribution in [0, 0.1) is 6.92 Å². The van der Waals surface area contributed by atoms with Crippen molar-refractivity contribution in [3.8, 4) is 0 Å². The molecule has 0 atom stereocenters. The summed E-state index contributed by atoms with van der Waals surface area (Å²) in [5, 5.41) is 2.84. The van der Waals surface area contributed by atoms with E-state index in [0.29, 0.717) is 24.2 Å². The molecule has 5 nitrogen and oxygen atoms in total. The Balaban J connectivity index is 2.23. The van der Waals surface area contributed by atoms with Crippen LogP contribution in [0.15, 0.2) is 18.2 Å². The second-order valence-electron chi connectivity index (χ2n) is 4.71. The second kappa shape index (κ2) is 8.19. The molecule has 1 rings (SSSR count). The predicted octanol–water partition coefficient (Wildman–Crippen LogP) is 2.04. The molecule has 0 aromatic heterocycles. The first-order valence-electron chi connectivity index (χ1n) is 6.75. The van der Waals surface area contributed by atoms with E-state index in [2.05, 4.69) is 10.1 Å². The lowest BCUT2D eigenvalue weighted by atomic mass is 10.1. The summed E-state index contributed by atoms with van der Waals surface area (Å²) in [6.45, 7) is 2.49. The molecule has 20 heavy (non-hydrogen) atoms.